The summed E-state index contributed by atoms with van der Waals surface area (Å²) in [6, 6.07) is 8.82. The molecule has 1 aliphatic carbocycles. The van der Waals surface area contributed by atoms with Crippen molar-refractivity contribution in [1.82, 2.24) is 0 Å². The van der Waals surface area contributed by atoms with Gasteiger partial charge in [-0.1, -0.05) is 19.3 Å². The normalized spacial score (nSPS) is 18.2. The Morgan fingerprint density at radius 3 is 2.52 bits per heavy atom. The standard InChI is InChI=1S/C20H21FN2O3S/c1-13-11-15(6-7-17(13)21)27(25,26)23-14-5-8-18-16(12-14)20(19(24)22-18)9-3-2-4-10-20/h5-8,11-12,23H,2-4,9-10H2,1H3,(H,22,24). The number of carbonyl (C=O) groups is 1. The molecule has 0 unspecified atom stereocenters. The van der Waals surface area contributed by atoms with E-state index in [-0.39, 0.29) is 16.4 Å². The molecule has 7 heteroatoms. The summed E-state index contributed by atoms with van der Waals surface area (Å²) in [6.07, 6.45) is 4.63. The number of anilines is 2. The highest BCUT2D eigenvalue weighted by Gasteiger charge is 2.47. The fourth-order valence-corrected chi connectivity index (χ4v) is 5.26. The Morgan fingerprint density at radius 2 is 1.81 bits per heavy atom. The Balaban J connectivity index is 1.68. The molecule has 4 rings (SSSR count). The summed E-state index contributed by atoms with van der Waals surface area (Å²) in [5.41, 5.74) is 1.73. The summed E-state index contributed by atoms with van der Waals surface area (Å²) in [7, 11) is -3.85. The number of halogens is 1. The van der Waals surface area contributed by atoms with Crippen LogP contribution >= 0.6 is 0 Å². The second-order valence-electron chi connectivity index (χ2n) is 7.37. The summed E-state index contributed by atoms with van der Waals surface area (Å²) in [5, 5.41) is 2.94. The van der Waals surface area contributed by atoms with Gasteiger partial charge in [0.1, 0.15) is 5.82 Å². The third-order valence-electron chi connectivity index (χ3n) is 5.62. The van der Waals surface area contributed by atoms with E-state index in [1.165, 1.54) is 19.1 Å². The van der Waals surface area contributed by atoms with E-state index in [4.69, 9.17) is 0 Å². The van der Waals surface area contributed by atoms with Crippen LogP contribution < -0.4 is 10.0 Å². The van der Waals surface area contributed by atoms with Crippen molar-refractivity contribution in [3.05, 3.63) is 53.3 Å². The molecular weight excluding hydrogens is 367 g/mol. The van der Waals surface area contributed by atoms with E-state index in [1.807, 2.05) is 0 Å². The van der Waals surface area contributed by atoms with Crippen molar-refractivity contribution in [1.29, 1.82) is 0 Å². The molecule has 1 aliphatic heterocycles. The Hall–Kier alpha value is -2.41. The van der Waals surface area contributed by atoms with Crippen LogP contribution in [0, 0.1) is 12.7 Å². The van der Waals surface area contributed by atoms with Gasteiger partial charge in [0.05, 0.1) is 10.3 Å². The molecule has 142 valence electrons. The zero-order valence-electron chi connectivity index (χ0n) is 15.0. The summed E-state index contributed by atoms with van der Waals surface area (Å²) in [6.45, 7) is 1.52. The number of carbonyl (C=O) groups excluding carboxylic acids is 1. The lowest BCUT2D eigenvalue weighted by Gasteiger charge is -2.31. The van der Waals surface area contributed by atoms with Crippen LogP contribution in [-0.4, -0.2) is 14.3 Å². The topological polar surface area (TPSA) is 75.3 Å². The van der Waals surface area contributed by atoms with E-state index in [0.29, 0.717) is 5.69 Å². The molecule has 0 saturated heterocycles. The quantitative estimate of drug-likeness (QED) is 0.832. The van der Waals surface area contributed by atoms with Gasteiger partial charge in [0.15, 0.2) is 0 Å². The summed E-state index contributed by atoms with van der Waals surface area (Å²) >= 11 is 0. The lowest BCUT2D eigenvalue weighted by molar-refractivity contribution is -0.121. The molecule has 27 heavy (non-hydrogen) atoms. The molecule has 2 aromatic carbocycles. The average molecular weight is 388 g/mol. The predicted octanol–water partition coefficient (Wildman–Crippen LogP) is 4.09. The second kappa shape index (κ2) is 6.34. The Morgan fingerprint density at radius 1 is 1.07 bits per heavy atom. The number of rotatable bonds is 3. The molecule has 5 nitrogen and oxygen atoms in total. The van der Waals surface area contributed by atoms with Crippen molar-refractivity contribution in [3.63, 3.8) is 0 Å². The van der Waals surface area contributed by atoms with Crippen LogP contribution in [0.4, 0.5) is 15.8 Å². The van der Waals surface area contributed by atoms with E-state index in [9.17, 15) is 17.6 Å². The number of hydrogen-bond acceptors (Lipinski definition) is 3. The number of nitrogens with one attached hydrogen (secondary N) is 2. The molecule has 0 bridgehead atoms. The molecule has 0 atom stereocenters. The van der Waals surface area contributed by atoms with Gasteiger partial charge >= 0.3 is 0 Å². The Kier molecular flexibility index (Phi) is 4.22. The Bertz CT molecular complexity index is 1030. The van der Waals surface area contributed by atoms with Crippen molar-refractivity contribution in [2.75, 3.05) is 10.0 Å². The highest BCUT2D eigenvalue weighted by Crippen LogP contribution is 2.48. The first-order chi connectivity index (χ1) is 12.8. The van der Waals surface area contributed by atoms with Gasteiger partial charge in [0, 0.05) is 11.4 Å². The van der Waals surface area contributed by atoms with Crippen molar-refractivity contribution in [2.24, 2.45) is 0 Å². The number of sulfonamides is 1. The maximum absolute atomic E-state index is 13.4. The summed E-state index contributed by atoms with van der Waals surface area (Å²) < 4.78 is 41.4. The fourth-order valence-electron chi connectivity index (χ4n) is 4.13. The predicted molar refractivity (Wildman–Crippen MR) is 102 cm³/mol. The van der Waals surface area contributed by atoms with E-state index in [0.717, 1.165) is 49.4 Å². The van der Waals surface area contributed by atoms with Gasteiger partial charge in [-0.2, -0.15) is 0 Å². The first-order valence-corrected chi connectivity index (χ1v) is 10.6. The molecule has 1 saturated carbocycles. The van der Waals surface area contributed by atoms with Crippen LogP contribution in [0.5, 0.6) is 0 Å². The number of fused-ring (bicyclic) bond motifs is 2. The van der Waals surface area contributed by atoms with Gasteiger partial charge in [-0.05, 0) is 67.3 Å². The van der Waals surface area contributed by atoms with Crippen LogP contribution in [0.2, 0.25) is 0 Å². The number of aryl methyl sites for hydroxylation is 1. The van der Waals surface area contributed by atoms with E-state index in [2.05, 4.69) is 10.0 Å². The average Bonchev–Trinajstić information content (AvgIpc) is 2.89. The number of hydrogen-bond donors (Lipinski definition) is 2. The molecule has 1 fully saturated rings. The van der Waals surface area contributed by atoms with Gasteiger partial charge in [-0.25, -0.2) is 12.8 Å². The molecule has 1 heterocycles. The monoisotopic (exact) mass is 388 g/mol. The van der Waals surface area contributed by atoms with Crippen LogP contribution in [0.25, 0.3) is 0 Å². The van der Waals surface area contributed by atoms with Crippen LogP contribution in [0.3, 0.4) is 0 Å². The Labute approximate surface area is 158 Å². The number of amides is 1. The molecular formula is C20H21FN2O3S. The zero-order valence-corrected chi connectivity index (χ0v) is 15.8. The lowest BCUT2D eigenvalue weighted by atomic mass is 9.70. The minimum atomic E-state index is -3.85. The third kappa shape index (κ3) is 3.00. The minimum Gasteiger partial charge on any atom is -0.325 e. The van der Waals surface area contributed by atoms with Gasteiger partial charge < -0.3 is 5.32 Å². The van der Waals surface area contributed by atoms with Crippen LogP contribution in [-0.2, 0) is 20.2 Å². The zero-order chi connectivity index (χ0) is 19.2. The van der Waals surface area contributed by atoms with Crippen LogP contribution in [0.1, 0.15) is 43.2 Å². The van der Waals surface area contributed by atoms with Crippen molar-refractivity contribution in [2.45, 2.75) is 49.3 Å². The van der Waals surface area contributed by atoms with Crippen molar-refractivity contribution >= 4 is 27.3 Å². The molecule has 1 spiro atoms. The van der Waals surface area contributed by atoms with Gasteiger partial charge in [-0.15, -0.1) is 0 Å². The number of benzene rings is 2. The smallest absolute Gasteiger partial charge is 0.261 e. The van der Waals surface area contributed by atoms with Crippen molar-refractivity contribution in [3.8, 4) is 0 Å². The van der Waals surface area contributed by atoms with Crippen molar-refractivity contribution < 1.29 is 17.6 Å². The molecule has 0 radical (unpaired) electrons. The molecule has 0 aromatic heterocycles. The maximum Gasteiger partial charge on any atom is 0.261 e. The van der Waals surface area contributed by atoms with E-state index >= 15 is 0 Å². The summed E-state index contributed by atoms with van der Waals surface area (Å²) in [4.78, 5) is 12.6. The molecule has 2 aliphatic rings. The van der Waals surface area contributed by atoms with Gasteiger partial charge in [0.25, 0.3) is 10.0 Å². The minimum absolute atomic E-state index is 0.00322. The summed E-state index contributed by atoms with van der Waals surface area (Å²) in [5.74, 6) is -0.443. The fraction of sp³-hybridized carbons (Fsp3) is 0.350. The van der Waals surface area contributed by atoms with Gasteiger partial charge in [0.2, 0.25) is 5.91 Å². The highest BCUT2D eigenvalue weighted by molar-refractivity contribution is 7.92. The second-order valence-corrected chi connectivity index (χ2v) is 9.06. The van der Waals surface area contributed by atoms with Crippen LogP contribution in [0.15, 0.2) is 41.3 Å². The third-order valence-corrected chi connectivity index (χ3v) is 7.00. The molecule has 2 aromatic rings. The first kappa shape index (κ1) is 18.0. The highest BCUT2D eigenvalue weighted by atomic mass is 32.2. The van der Waals surface area contributed by atoms with E-state index in [1.54, 1.807) is 18.2 Å². The van der Waals surface area contributed by atoms with E-state index < -0.39 is 21.3 Å². The lowest BCUT2D eigenvalue weighted by Crippen LogP contribution is -2.36. The SMILES string of the molecule is Cc1cc(S(=O)(=O)Nc2ccc3c(c2)C2(CCCCC2)C(=O)N3)ccc1F. The van der Waals surface area contributed by atoms with Gasteiger partial charge in [-0.3, -0.25) is 9.52 Å². The maximum atomic E-state index is 13.4. The molecule has 1 amide bonds. The molecule has 2 N–H and O–H groups in total. The largest absolute Gasteiger partial charge is 0.325 e. The first-order valence-electron chi connectivity index (χ1n) is 9.07.